The molecule has 0 spiro atoms. The number of carbonyl (C=O) groups excluding carboxylic acids is 2. The van der Waals surface area contributed by atoms with Crippen LogP contribution in [-0.2, 0) is 9.47 Å². The maximum atomic E-state index is 12.6. The molecule has 7 heteroatoms. The number of nitrogens with one attached hydrogen (secondary N) is 1. The Morgan fingerprint density at radius 3 is 2.81 bits per heavy atom. The van der Waals surface area contributed by atoms with Crippen molar-refractivity contribution in [1.29, 1.82) is 0 Å². The lowest BCUT2D eigenvalue weighted by atomic mass is 10.2. The summed E-state index contributed by atoms with van der Waals surface area (Å²) in [6.07, 6.45) is 4.76. The Hall–Kier alpha value is -2.77. The number of rotatable bonds is 6. The number of aliphatic hydroxyl groups is 1. The molecule has 0 bridgehead atoms. The number of carbonyl (C=O) groups is 2. The average molecular weight is 371 g/mol. The molecule has 1 saturated heterocycles. The predicted molar refractivity (Wildman–Crippen MR) is 97.2 cm³/mol. The van der Waals surface area contributed by atoms with Crippen LogP contribution in [0, 0.1) is 0 Å². The molecule has 3 rings (SSSR count). The Morgan fingerprint density at radius 2 is 2.07 bits per heavy atom. The smallest absolute Gasteiger partial charge is 0.338 e. The molecule has 1 aliphatic heterocycles. The van der Waals surface area contributed by atoms with Crippen molar-refractivity contribution in [2.75, 3.05) is 18.5 Å². The average Bonchev–Trinajstić information content (AvgIpc) is 3.18. The highest BCUT2D eigenvalue weighted by Gasteiger charge is 2.31. The number of nitrogens with zero attached hydrogens (tertiary/aromatic N) is 1. The van der Waals surface area contributed by atoms with Crippen molar-refractivity contribution in [2.45, 2.75) is 32.1 Å². The second-order valence-corrected chi connectivity index (χ2v) is 6.27. The van der Waals surface area contributed by atoms with E-state index in [1.165, 1.54) is 0 Å². The summed E-state index contributed by atoms with van der Waals surface area (Å²) < 4.78 is 12.6. The van der Waals surface area contributed by atoms with Gasteiger partial charge in [-0.1, -0.05) is 6.07 Å². The summed E-state index contributed by atoms with van der Waals surface area (Å²) in [6, 6.07) is 10.1. The molecule has 1 aliphatic rings. The third kappa shape index (κ3) is 4.69. The van der Waals surface area contributed by atoms with E-state index < -0.39 is 5.97 Å². The molecule has 142 valence electrons. The van der Waals surface area contributed by atoms with Crippen LogP contribution in [0.3, 0.4) is 0 Å². The first-order valence-corrected chi connectivity index (χ1v) is 8.96. The molecule has 1 aromatic heterocycles. The van der Waals surface area contributed by atoms with E-state index in [2.05, 4.69) is 5.32 Å². The van der Waals surface area contributed by atoms with Crippen molar-refractivity contribution in [2.24, 2.45) is 0 Å². The number of aliphatic hydroxyl groups excluding tert-OH is 1. The first kappa shape index (κ1) is 19.0. The summed E-state index contributed by atoms with van der Waals surface area (Å²) >= 11 is 0. The van der Waals surface area contributed by atoms with Gasteiger partial charge in [0.25, 0.3) is 12.1 Å². The van der Waals surface area contributed by atoms with Crippen molar-refractivity contribution < 1.29 is 28.7 Å². The van der Waals surface area contributed by atoms with E-state index in [0.717, 1.165) is 12.8 Å². The Balaban J connectivity index is 1.71. The monoisotopic (exact) mass is 371 g/mol. The summed E-state index contributed by atoms with van der Waals surface area (Å²) in [5.41, 5.74) is 1.36. The predicted octanol–water partition coefficient (Wildman–Crippen LogP) is 2.07. The molecule has 2 aromatic rings. The van der Waals surface area contributed by atoms with Crippen LogP contribution in [0.25, 0.3) is 0 Å². The zero-order valence-corrected chi connectivity index (χ0v) is 15.1. The summed E-state index contributed by atoms with van der Waals surface area (Å²) in [4.78, 5) is 24.4. The third-order valence-corrected chi connectivity index (χ3v) is 4.34. The molecule has 0 aliphatic carbocycles. The molecule has 2 heterocycles. The zero-order valence-electron chi connectivity index (χ0n) is 15.1. The van der Waals surface area contributed by atoms with Gasteiger partial charge in [0.05, 0.1) is 24.9 Å². The number of hydrogen-bond acceptors (Lipinski definition) is 5. The lowest BCUT2D eigenvalue weighted by Crippen LogP contribution is -2.40. The summed E-state index contributed by atoms with van der Waals surface area (Å²) in [7, 11) is 0. The van der Waals surface area contributed by atoms with Crippen LogP contribution in [0.5, 0.6) is 0 Å². The first-order chi connectivity index (χ1) is 13.1. The Morgan fingerprint density at radius 1 is 1.26 bits per heavy atom. The van der Waals surface area contributed by atoms with Crippen LogP contribution < -0.4 is 9.88 Å². The molecule has 7 nitrogen and oxygen atoms in total. The van der Waals surface area contributed by atoms with Crippen molar-refractivity contribution in [3.63, 3.8) is 0 Å². The molecule has 2 unspecified atom stereocenters. The fourth-order valence-electron chi connectivity index (χ4n) is 2.99. The van der Waals surface area contributed by atoms with Crippen molar-refractivity contribution in [3.05, 3.63) is 59.9 Å². The van der Waals surface area contributed by atoms with Crippen LogP contribution in [0.2, 0.25) is 0 Å². The Bertz CT molecular complexity index is 824. The van der Waals surface area contributed by atoms with Gasteiger partial charge in [-0.05, 0) is 37.6 Å². The highest BCUT2D eigenvalue weighted by Crippen LogP contribution is 2.23. The van der Waals surface area contributed by atoms with Gasteiger partial charge >= 0.3 is 5.97 Å². The molecule has 1 amide bonds. The number of benzene rings is 1. The van der Waals surface area contributed by atoms with Crippen LogP contribution in [0.1, 0.15) is 46.7 Å². The van der Waals surface area contributed by atoms with Gasteiger partial charge in [0.2, 0.25) is 0 Å². The summed E-state index contributed by atoms with van der Waals surface area (Å²) in [6.45, 7) is 2.03. The second-order valence-electron chi connectivity index (χ2n) is 6.27. The second kappa shape index (κ2) is 8.75. The molecule has 27 heavy (non-hydrogen) atoms. The SMILES string of the molecule is CCOC(=O)c1cccc(NC(=O)c2ccc[n+](C3CCC(CO)O3)c2)c1. The molecule has 1 fully saturated rings. The van der Waals surface area contributed by atoms with E-state index >= 15 is 0 Å². The van der Waals surface area contributed by atoms with Crippen molar-refractivity contribution >= 4 is 17.6 Å². The van der Waals surface area contributed by atoms with E-state index in [1.54, 1.807) is 49.5 Å². The Kier molecular flexibility index (Phi) is 6.16. The minimum atomic E-state index is -0.428. The maximum absolute atomic E-state index is 12.6. The van der Waals surface area contributed by atoms with E-state index in [1.807, 2.05) is 10.8 Å². The van der Waals surface area contributed by atoms with Gasteiger partial charge < -0.3 is 19.9 Å². The van der Waals surface area contributed by atoms with Crippen LogP contribution in [0.4, 0.5) is 5.69 Å². The number of anilines is 1. The quantitative estimate of drug-likeness (QED) is 0.599. The normalized spacial score (nSPS) is 18.9. The van der Waals surface area contributed by atoms with Crippen LogP contribution >= 0.6 is 0 Å². The van der Waals surface area contributed by atoms with Crippen LogP contribution in [0.15, 0.2) is 48.8 Å². The number of aromatic nitrogens is 1. The van der Waals surface area contributed by atoms with Gasteiger partial charge in [0.1, 0.15) is 5.56 Å². The molecule has 0 saturated carbocycles. The number of hydrogen-bond donors (Lipinski definition) is 2. The first-order valence-electron chi connectivity index (χ1n) is 8.96. The number of pyridine rings is 1. The lowest BCUT2D eigenvalue weighted by molar-refractivity contribution is -0.759. The molecule has 2 N–H and O–H groups in total. The Labute approximate surface area is 157 Å². The molecule has 1 aromatic carbocycles. The number of ether oxygens (including phenoxy) is 2. The molecular weight excluding hydrogens is 348 g/mol. The summed E-state index contributed by atoms with van der Waals surface area (Å²) in [5, 5.41) is 12.0. The van der Waals surface area contributed by atoms with Crippen molar-refractivity contribution in [3.8, 4) is 0 Å². The highest BCUT2D eigenvalue weighted by molar-refractivity contribution is 6.04. The van der Waals surface area contributed by atoms with E-state index in [4.69, 9.17) is 9.47 Å². The molecule has 0 radical (unpaired) electrons. The number of esters is 1. The van der Waals surface area contributed by atoms with E-state index in [-0.39, 0.29) is 24.8 Å². The minimum Gasteiger partial charge on any atom is -0.462 e. The lowest BCUT2D eigenvalue weighted by Gasteiger charge is -2.09. The third-order valence-electron chi connectivity index (χ3n) is 4.34. The molecule has 2 atom stereocenters. The van der Waals surface area contributed by atoms with Gasteiger partial charge in [0, 0.05) is 18.2 Å². The van der Waals surface area contributed by atoms with Gasteiger partial charge in [-0.15, -0.1) is 0 Å². The maximum Gasteiger partial charge on any atom is 0.338 e. The molecular formula is C20H23N2O5+. The van der Waals surface area contributed by atoms with Crippen LogP contribution in [-0.4, -0.2) is 36.3 Å². The van der Waals surface area contributed by atoms with Gasteiger partial charge in [-0.25, -0.2) is 4.79 Å². The van der Waals surface area contributed by atoms with Gasteiger partial charge in [-0.2, -0.15) is 4.57 Å². The van der Waals surface area contributed by atoms with Gasteiger partial charge in [-0.3, -0.25) is 4.79 Å². The zero-order chi connectivity index (χ0) is 19.2. The van der Waals surface area contributed by atoms with Crippen molar-refractivity contribution in [1.82, 2.24) is 0 Å². The van der Waals surface area contributed by atoms with Gasteiger partial charge in [0.15, 0.2) is 12.4 Å². The minimum absolute atomic E-state index is 0.00591. The topological polar surface area (TPSA) is 88.7 Å². The largest absolute Gasteiger partial charge is 0.462 e. The standard InChI is InChI=1S/C20H22N2O5/c1-2-26-20(25)14-5-3-7-16(11-14)21-19(24)15-6-4-10-22(12-15)18-9-8-17(13-23)27-18/h3-7,10-12,17-18,23H,2,8-9,13H2,1H3/p+1. The highest BCUT2D eigenvalue weighted by atomic mass is 16.5. The van der Waals surface area contributed by atoms with E-state index in [9.17, 15) is 14.7 Å². The fraction of sp³-hybridized carbons (Fsp3) is 0.350. The summed E-state index contributed by atoms with van der Waals surface area (Å²) in [5.74, 6) is -0.718. The number of amides is 1. The fourth-order valence-corrected chi connectivity index (χ4v) is 2.99. The van der Waals surface area contributed by atoms with E-state index in [0.29, 0.717) is 23.4 Å².